The number of hydrogen-bond acceptors (Lipinski definition) is 6. The first-order valence-corrected chi connectivity index (χ1v) is 6.94. The molecule has 0 bridgehead atoms. The van der Waals surface area contributed by atoms with Crippen LogP contribution >= 0.6 is 11.3 Å². The monoisotopic (exact) mass is 306 g/mol. The molecule has 0 spiro atoms. The van der Waals surface area contributed by atoms with Crippen LogP contribution in [0.1, 0.15) is 16.6 Å². The van der Waals surface area contributed by atoms with Crippen molar-refractivity contribution in [1.82, 2.24) is 0 Å². The van der Waals surface area contributed by atoms with Gasteiger partial charge in [0, 0.05) is 31.9 Å². The minimum absolute atomic E-state index is 0.112. The van der Waals surface area contributed by atoms with Gasteiger partial charge in [0.1, 0.15) is 5.75 Å². The number of thiophene rings is 1. The van der Waals surface area contributed by atoms with Crippen molar-refractivity contribution in [2.24, 2.45) is 0 Å². The van der Waals surface area contributed by atoms with Gasteiger partial charge in [-0.2, -0.15) is 0 Å². The summed E-state index contributed by atoms with van der Waals surface area (Å²) in [7, 11) is 3.78. The molecule has 0 N–H and O–H groups in total. The Morgan fingerprint density at radius 2 is 2.05 bits per heavy atom. The molecule has 2 rings (SSSR count). The van der Waals surface area contributed by atoms with Gasteiger partial charge in [0.2, 0.25) is 0 Å². The van der Waals surface area contributed by atoms with Gasteiger partial charge in [0.25, 0.3) is 5.06 Å². The third-order valence-electron chi connectivity index (χ3n) is 2.77. The summed E-state index contributed by atoms with van der Waals surface area (Å²) < 4.78 is 5.59. The van der Waals surface area contributed by atoms with Crippen LogP contribution in [0, 0.1) is 10.1 Å². The van der Waals surface area contributed by atoms with Crippen LogP contribution in [0.2, 0.25) is 0 Å². The molecule has 1 aromatic heterocycles. The number of nitrogens with zero attached hydrogens (tertiary/aromatic N) is 2. The number of nitro groups is 1. The smallest absolute Gasteiger partial charge is 0.323 e. The Bertz CT molecular complexity index is 694. The van der Waals surface area contributed by atoms with E-state index in [0.29, 0.717) is 10.6 Å². The van der Waals surface area contributed by atoms with E-state index in [2.05, 4.69) is 0 Å². The summed E-state index contributed by atoms with van der Waals surface area (Å²) in [5, 5.41) is 11.1. The van der Waals surface area contributed by atoms with Crippen molar-refractivity contribution in [1.29, 1.82) is 0 Å². The van der Waals surface area contributed by atoms with Crippen LogP contribution in [-0.4, -0.2) is 24.8 Å². The van der Waals surface area contributed by atoms with Gasteiger partial charge < -0.3 is 9.64 Å². The van der Waals surface area contributed by atoms with Crippen molar-refractivity contribution in [3.05, 3.63) is 45.3 Å². The summed E-state index contributed by atoms with van der Waals surface area (Å²) in [6, 6.07) is 8.44. The molecule has 0 aliphatic carbocycles. The van der Waals surface area contributed by atoms with Gasteiger partial charge in [-0.25, -0.2) is 0 Å². The third kappa shape index (κ3) is 3.38. The molecule has 0 saturated carbocycles. The zero-order valence-corrected chi connectivity index (χ0v) is 12.6. The Kier molecular flexibility index (Phi) is 4.23. The summed E-state index contributed by atoms with van der Waals surface area (Å²) in [4.78, 5) is 24.0. The normalized spacial score (nSPS) is 10.2. The molecule has 0 saturated heterocycles. The highest BCUT2D eigenvalue weighted by Crippen LogP contribution is 2.40. The molecular weight excluding hydrogens is 292 g/mol. The number of anilines is 1. The standard InChI is InChI=1S/C14H14N2O4S/c1-9(17)13-8-12(16(18)19)14(21-13)20-11-6-4-5-10(7-11)15(2)3/h4-8H,1-3H3. The summed E-state index contributed by atoms with van der Waals surface area (Å²) >= 11 is 0.978. The maximum Gasteiger partial charge on any atom is 0.323 e. The van der Waals surface area contributed by atoms with E-state index in [1.165, 1.54) is 13.0 Å². The van der Waals surface area contributed by atoms with Gasteiger partial charge in [0.15, 0.2) is 5.78 Å². The average molecular weight is 306 g/mol. The number of benzene rings is 1. The van der Waals surface area contributed by atoms with Crippen molar-refractivity contribution < 1.29 is 14.5 Å². The van der Waals surface area contributed by atoms with Crippen molar-refractivity contribution in [3.8, 4) is 10.8 Å². The Hall–Kier alpha value is -2.41. The first kappa shape index (κ1) is 15.0. The molecule has 1 aromatic carbocycles. The lowest BCUT2D eigenvalue weighted by atomic mass is 10.3. The van der Waals surface area contributed by atoms with Gasteiger partial charge in [-0.15, -0.1) is 0 Å². The lowest BCUT2D eigenvalue weighted by Crippen LogP contribution is -2.08. The molecule has 0 aliphatic heterocycles. The topological polar surface area (TPSA) is 72.7 Å². The van der Waals surface area contributed by atoms with Crippen LogP contribution in [0.5, 0.6) is 10.8 Å². The van der Waals surface area contributed by atoms with Gasteiger partial charge in [-0.1, -0.05) is 17.4 Å². The molecule has 1 heterocycles. The quantitative estimate of drug-likeness (QED) is 0.478. The molecule has 110 valence electrons. The summed E-state index contributed by atoms with van der Waals surface area (Å²) in [5.41, 5.74) is 0.721. The summed E-state index contributed by atoms with van der Waals surface area (Å²) in [6.45, 7) is 1.37. The van der Waals surface area contributed by atoms with Crippen LogP contribution in [0.3, 0.4) is 0 Å². The molecule has 21 heavy (non-hydrogen) atoms. The number of ketones is 1. The minimum Gasteiger partial charge on any atom is -0.440 e. The second kappa shape index (κ2) is 5.92. The molecule has 2 aromatic rings. The van der Waals surface area contributed by atoms with Crippen molar-refractivity contribution in [3.63, 3.8) is 0 Å². The Morgan fingerprint density at radius 3 is 2.62 bits per heavy atom. The highest BCUT2D eigenvalue weighted by Gasteiger charge is 2.23. The lowest BCUT2D eigenvalue weighted by Gasteiger charge is -2.13. The zero-order chi connectivity index (χ0) is 15.6. The van der Waals surface area contributed by atoms with Crippen LogP contribution in [0.25, 0.3) is 0 Å². The van der Waals surface area contributed by atoms with E-state index >= 15 is 0 Å². The first-order valence-electron chi connectivity index (χ1n) is 6.13. The molecule has 0 amide bonds. The van der Waals surface area contributed by atoms with E-state index in [0.717, 1.165) is 17.0 Å². The van der Waals surface area contributed by atoms with Crippen LogP contribution in [0.4, 0.5) is 11.4 Å². The van der Waals surface area contributed by atoms with E-state index in [1.54, 1.807) is 18.2 Å². The lowest BCUT2D eigenvalue weighted by molar-refractivity contribution is -0.385. The van der Waals surface area contributed by atoms with Crippen molar-refractivity contribution >= 4 is 28.5 Å². The number of Topliss-reactive ketones (excluding diaryl/α,β-unsaturated/α-hetero) is 1. The minimum atomic E-state index is -0.548. The number of rotatable bonds is 5. The number of carbonyl (C=O) groups excluding carboxylic acids is 1. The van der Waals surface area contributed by atoms with Crippen LogP contribution < -0.4 is 9.64 Å². The molecular formula is C14H14N2O4S. The largest absolute Gasteiger partial charge is 0.440 e. The van der Waals surface area contributed by atoms with E-state index in [1.807, 2.05) is 25.1 Å². The van der Waals surface area contributed by atoms with E-state index in [-0.39, 0.29) is 16.5 Å². The number of carbonyl (C=O) groups is 1. The number of ether oxygens (including phenoxy) is 1. The molecule has 0 radical (unpaired) electrons. The highest BCUT2D eigenvalue weighted by molar-refractivity contribution is 7.16. The van der Waals surface area contributed by atoms with Gasteiger partial charge in [-0.3, -0.25) is 14.9 Å². The second-order valence-corrected chi connectivity index (χ2v) is 5.61. The maximum absolute atomic E-state index is 11.4. The molecule has 6 nitrogen and oxygen atoms in total. The second-order valence-electron chi connectivity index (χ2n) is 4.59. The van der Waals surface area contributed by atoms with Crippen molar-refractivity contribution in [2.45, 2.75) is 6.92 Å². The fourth-order valence-corrected chi connectivity index (χ4v) is 2.56. The average Bonchev–Trinajstić information content (AvgIpc) is 2.83. The Balaban J connectivity index is 2.36. The zero-order valence-electron chi connectivity index (χ0n) is 11.8. The molecule has 0 fully saturated rings. The Labute approximate surface area is 125 Å². The fraction of sp³-hybridized carbons (Fsp3) is 0.214. The van der Waals surface area contributed by atoms with E-state index < -0.39 is 4.92 Å². The van der Waals surface area contributed by atoms with Gasteiger partial charge in [-0.05, 0) is 19.1 Å². The summed E-state index contributed by atoms with van der Waals surface area (Å²) in [6.07, 6.45) is 0. The van der Waals surface area contributed by atoms with E-state index in [9.17, 15) is 14.9 Å². The Morgan fingerprint density at radius 1 is 1.33 bits per heavy atom. The fourth-order valence-electron chi connectivity index (χ4n) is 1.67. The SMILES string of the molecule is CC(=O)c1cc([N+](=O)[O-])c(Oc2cccc(N(C)C)c2)s1. The molecule has 0 atom stereocenters. The first-order chi connectivity index (χ1) is 9.88. The van der Waals surface area contributed by atoms with Crippen LogP contribution in [-0.2, 0) is 0 Å². The van der Waals surface area contributed by atoms with Crippen molar-refractivity contribution in [2.75, 3.05) is 19.0 Å². The number of hydrogen-bond donors (Lipinski definition) is 0. The van der Waals surface area contributed by atoms with E-state index in [4.69, 9.17) is 4.74 Å². The highest BCUT2D eigenvalue weighted by atomic mass is 32.1. The van der Waals surface area contributed by atoms with Gasteiger partial charge >= 0.3 is 5.69 Å². The summed E-state index contributed by atoms with van der Waals surface area (Å²) in [5.74, 6) is 0.265. The predicted octanol–water partition coefficient (Wildman–Crippen LogP) is 3.72. The molecule has 7 heteroatoms. The van der Waals surface area contributed by atoms with Crippen LogP contribution in [0.15, 0.2) is 30.3 Å². The third-order valence-corrected chi connectivity index (χ3v) is 3.87. The maximum atomic E-state index is 11.4. The molecule has 0 aliphatic rings. The molecule has 0 unspecified atom stereocenters. The predicted molar refractivity (Wildman–Crippen MR) is 81.8 cm³/mol. The van der Waals surface area contributed by atoms with Gasteiger partial charge in [0.05, 0.1) is 9.80 Å².